The van der Waals surface area contributed by atoms with Crippen molar-refractivity contribution in [3.05, 3.63) is 42.1 Å². The van der Waals surface area contributed by atoms with Gasteiger partial charge in [0.25, 0.3) is 0 Å². The van der Waals surface area contributed by atoms with Crippen LogP contribution in [0.15, 0.2) is 36.5 Å². The summed E-state index contributed by atoms with van der Waals surface area (Å²) in [5.41, 5.74) is 2.36. The molecule has 0 aliphatic heterocycles. The van der Waals surface area contributed by atoms with E-state index in [1.165, 1.54) is 10.9 Å². The van der Waals surface area contributed by atoms with E-state index in [9.17, 15) is 0 Å². The van der Waals surface area contributed by atoms with Gasteiger partial charge in [-0.1, -0.05) is 25.1 Å². The lowest BCUT2D eigenvalue weighted by molar-refractivity contribution is 0.183. The molecule has 1 heterocycles. The van der Waals surface area contributed by atoms with Crippen molar-refractivity contribution in [3.63, 3.8) is 0 Å². The first kappa shape index (κ1) is 13.0. The maximum absolute atomic E-state index is 5.20. The fourth-order valence-electron chi connectivity index (χ4n) is 2.28. The zero-order chi connectivity index (χ0) is 12.8. The molecule has 1 unspecified atom stereocenters. The first-order valence-corrected chi connectivity index (χ1v) is 6.42. The van der Waals surface area contributed by atoms with Crippen LogP contribution in [0.4, 0.5) is 0 Å². The summed E-state index contributed by atoms with van der Waals surface area (Å²) in [7, 11) is 1.74. The zero-order valence-corrected chi connectivity index (χ0v) is 11.0. The Balaban J connectivity index is 2.36. The predicted molar refractivity (Wildman–Crippen MR) is 74.7 cm³/mol. The molecule has 1 N–H and O–H groups in total. The number of pyridine rings is 1. The van der Waals surface area contributed by atoms with Crippen molar-refractivity contribution in [2.45, 2.75) is 19.4 Å². The first-order valence-electron chi connectivity index (χ1n) is 6.42. The highest BCUT2D eigenvalue weighted by Crippen LogP contribution is 2.25. The number of nitrogens with zero attached hydrogens (tertiary/aromatic N) is 1. The molecule has 0 radical (unpaired) electrons. The van der Waals surface area contributed by atoms with Crippen molar-refractivity contribution in [1.82, 2.24) is 10.3 Å². The predicted octanol–water partition coefficient (Wildman–Crippen LogP) is 2.92. The fourth-order valence-corrected chi connectivity index (χ4v) is 2.28. The van der Waals surface area contributed by atoms with E-state index in [0.29, 0.717) is 6.04 Å². The van der Waals surface area contributed by atoms with E-state index in [0.717, 1.165) is 25.1 Å². The van der Waals surface area contributed by atoms with Crippen LogP contribution in [0.3, 0.4) is 0 Å². The minimum absolute atomic E-state index is 0.322. The molecule has 3 heteroatoms. The third-order valence-corrected chi connectivity index (χ3v) is 3.12. The Bertz CT molecular complexity index is 493. The fraction of sp³-hybridized carbons (Fsp3) is 0.400. The number of fused-ring (bicyclic) bond motifs is 1. The average Bonchev–Trinajstić information content (AvgIpc) is 2.43. The van der Waals surface area contributed by atoms with Gasteiger partial charge in [0.2, 0.25) is 0 Å². The minimum atomic E-state index is 0.322. The van der Waals surface area contributed by atoms with Crippen molar-refractivity contribution in [1.29, 1.82) is 0 Å². The Labute approximate surface area is 108 Å². The molecule has 18 heavy (non-hydrogen) atoms. The van der Waals surface area contributed by atoms with Gasteiger partial charge in [-0.25, -0.2) is 0 Å². The first-order chi connectivity index (χ1) is 8.86. The number of hydrogen-bond donors (Lipinski definition) is 1. The number of rotatable bonds is 6. The summed E-state index contributed by atoms with van der Waals surface area (Å²) < 4.78 is 5.20. The van der Waals surface area contributed by atoms with Gasteiger partial charge in [-0.2, -0.15) is 0 Å². The molecule has 0 amide bonds. The van der Waals surface area contributed by atoms with Crippen LogP contribution < -0.4 is 5.32 Å². The topological polar surface area (TPSA) is 34.1 Å². The van der Waals surface area contributed by atoms with Crippen LogP contribution in [0.2, 0.25) is 0 Å². The Morgan fingerprint density at radius 3 is 2.94 bits per heavy atom. The highest BCUT2D eigenvalue weighted by molar-refractivity contribution is 5.82. The molecule has 0 saturated carbocycles. The molecule has 0 aliphatic carbocycles. The van der Waals surface area contributed by atoms with Gasteiger partial charge in [0.1, 0.15) is 0 Å². The van der Waals surface area contributed by atoms with Gasteiger partial charge in [-0.3, -0.25) is 4.98 Å². The minimum Gasteiger partial charge on any atom is -0.385 e. The number of hydrogen-bond acceptors (Lipinski definition) is 3. The Kier molecular flexibility index (Phi) is 4.67. The van der Waals surface area contributed by atoms with Gasteiger partial charge in [0, 0.05) is 31.3 Å². The summed E-state index contributed by atoms with van der Waals surface area (Å²) in [6.45, 7) is 3.84. The molecule has 3 nitrogen and oxygen atoms in total. The molecule has 0 saturated heterocycles. The van der Waals surface area contributed by atoms with E-state index in [1.807, 2.05) is 12.3 Å². The molecule has 0 spiro atoms. The number of methoxy groups -OCH3 is 1. The second-order valence-electron chi connectivity index (χ2n) is 4.31. The summed E-state index contributed by atoms with van der Waals surface area (Å²) in [6.07, 6.45) is 2.81. The van der Waals surface area contributed by atoms with Gasteiger partial charge in [0.05, 0.1) is 5.52 Å². The second-order valence-corrected chi connectivity index (χ2v) is 4.31. The van der Waals surface area contributed by atoms with Crippen LogP contribution in [-0.4, -0.2) is 25.2 Å². The quantitative estimate of drug-likeness (QED) is 0.848. The second kappa shape index (κ2) is 6.47. The van der Waals surface area contributed by atoms with E-state index >= 15 is 0 Å². The molecular weight excluding hydrogens is 224 g/mol. The lowest BCUT2D eigenvalue weighted by Gasteiger charge is -2.19. The highest BCUT2D eigenvalue weighted by Gasteiger charge is 2.13. The van der Waals surface area contributed by atoms with Crippen LogP contribution in [0.5, 0.6) is 0 Å². The molecule has 0 aliphatic rings. The zero-order valence-electron chi connectivity index (χ0n) is 11.0. The van der Waals surface area contributed by atoms with E-state index in [-0.39, 0.29) is 0 Å². The van der Waals surface area contributed by atoms with Gasteiger partial charge in [-0.05, 0) is 30.7 Å². The average molecular weight is 244 g/mol. The van der Waals surface area contributed by atoms with Crippen molar-refractivity contribution in [3.8, 4) is 0 Å². The third kappa shape index (κ3) is 2.86. The lowest BCUT2D eigenvalue weighted by Crippen LogP contribution is -2.22. The largest absolute Gasteiger partial charge is 0.385 e. The molecule has 2 aromatic rings. The smallest absolute Gasteiger partial charge is 0.0705 e. The van der Waals surface area contributed by atoms with Crippen LogP contribution in [-0.2, 0) is 4.74 Å². The molecule has 0 fully saturated rings. The summed E-state index contributed by atoms with van der Waals surface area (Å²) in [4.78, 5) is 4.41. The van der Waals surface area contributed by atoms with Crippen LogP contribution in [0.25, 0.3) is 10.9 Å². The van der Waals surface area contributed by atoms with Crippen molar-refractivity contribution < 1.29 is 4.74 Å². The molecule has 1 atom stereocenters. The summed E-state index contributed by atoms with van der Waals surface area (Å²) in [5, 5.41) is 4.74. The summed E-state index contributed by atoms with van der Waals surface area (Å²) in [5.74, 6) is 0. The van der Waals surface area contributed by atoms with Crippen LogP contribution >= 0.6 is 0 Å². The molecule has 2 rings (SSSR count). The SMILES string of the molecule is CCNC(CCOC)c1cccc2ncccc12. The highest BCUT2D eigenvalue weighted by atomic mass is 16.5. The normalized spacial score (nSPS) is 12.8. The lowest BCUT2D eigenvalue weighted by atomic mass is 9.99. The summed E-state index contributed by atoms with van der Waals surface area (Å²) >= 11 is 0. The Morgan fingerprint density at radius 2 is 2.17 bits per heavy atom. The van der Waals surface area contributed by atoms with E-state index in [4.69, 9.17) is 4.74 Å². The molecule has 1 aromatic carbocycles. The number of aromatic nitrogens is 1. The maximum atomic E-state index is 5.20. The van der Waals surface area contributed by atoms with Gasteiger partial charge < -0.3 is 10.1 Å². The van der Waals surface area contributed by atoms with Gasteiger partial charge in [-0.15, -0.1) is 0 Å². The number of ether oxygens (including phenoxy) is 1. The third-order valence-electron chi connectivity index (χ3n) is 3.12. The Morgan fingerprint density at radius 1 is 1.28 bits per heavy atom. The Hall–Kier alpha value is -1.45. The molecular formula is C15H20N2O. The number of benzene rings is 1. The monoisotopic (exact) mass is 244 g/mol. The van der Waals surface area contributed by atoms with E-state index in [2.05, 4.69) is 41.5 Å². The van der Waals surface area contributed by atoms with Crippen LogP contribution in [0.1, 0.15) is 24.9 Å². The van der Waals surface area contributed by atoms with Gasteiger partial charge in [0.15, 0.2) is 0 Å². The van der Waals surface area contributed by atoms with Crippen molar-refractivity contribution >= 4 is 10.9 Å². The summed E-state index contributed by atoms with van der Waals surface area (Å²) in [6, 6.07) is 10.7. The van der Waals surface area contributed by atoms with E-state index < -0.39 is 0 Å². The molecule has 1 aromatic heterocycles. The van der Waals surface area contributed by atoms with Crippen molar-refractivity contribution in [2.24, 2.45) is 0 Å². The molecule has 0 bridgehead atoms. The number of nitrogens with one attached hydrogen (secondary N) is 1. The van der Waals surface area contributed by atoms with Crippen molar-refractivity contribution in [2.75, 3.05) is 20.3 Å². The van der Waals surface area contributed by atoms with E-state index in [1.54, 1.807) is 7.11 Å². The maximum Gasteiger partial charge on any atom is 0.0705 e. The molecule has 96 valence electrons. The standard InChI is InChI=1S/C15H20N2O/c1-3-16-15(9-11-18-2)12-6-4-8-14-13(12)7-5-10-17-14/h4-8,10,15-16H,3,9,11H2,1-2H3. The van der Waals surface area contributed by atoms with Crippen LogP contribution in [0, 0.1) is 0 Å². The van der Waals surface area contributed by atoms with Gasteiger partial charge >= 0.3 is 0 Å².